The predicted molar refractivity (Wildman–Crippen MR) is 90.3 cm³/mol. The second-order valence-electron chi connectivity index (χ2n) is 5.50. The van der Waals surface area contributed by atoms with Crippen molar-refractivity contribution >= 4 is 17.9 Å². The number of hydrogen-bond acceptors (Lipinski definition) is 6. The Kier molecular flexibility index (Phi) is 8.11. The molecule has 1 saturated carbocycles. The molecule has 0 unspecified atom stereocenters. The molecule has 2 rings (SSSR count). The Morgan fingerprint density at radius 1 is 1.35 bits per heavy atom. The van der Waals surface area contributed by atoms with Crippen LogP contribution in [-0.4, -0.2) is 38.1 Å². The summed E-state index contributed by atoms with van der Waals surface area (Å²) in [4.78, 5) is 11.4. The van der Waals surface area contributed by atoms with Gasteiger partial charge in [0.25, 0.3) is 0 Å². The molecule has 1 aromatic carbocycles. The van der Waals surface area contributed by atoms with Gasteiger partial charge in [-0.2, -0.15) is 0 Å². The Hall–Kier alpha value is -2.08. The van der Waals surface area contributed by atoms with Crippen LogP contribution in [0.2, 0.25) is 0 Å². The van der Waals surface area contributed by atoms with Crippen LogP contribution < -0.4 is 10.5 Å². The highest BCUT2D eigenvalue weighted by atomic mass is 16.5. The van der Waals surface area contributed by atoms with Gasteiger partial charge < -0.3 is 25.7 Å². The third-order valence-electron chi connectivity index (χ3n) is 3.95. The summed E-state index contributed by atoms with van der Waals surface area (Å²) >= 11 is 0. The van der Waals surface area contributed by atoms with Crippen molar-refractivity contribution in [2.45, 2.75) is 32.1 Å². The molecule has 0 heterocycles. The summed E-state index contributed by atoms with van der Waals surface area (Å²) in [6.45, 7) is 0.417. The van der Waals surface area contributed by atoms with Gasteiger partial charge in [0.1, 0.15) is 11.3 Å². The minimum Gasteiger partial charge on any atom is -0.496 e. The van der Waals surface area contributed by atoms with E-state index in [-0.39, 0.29) is 5.56 Å². The normalized spacial score (nSPS) is 14.4. The van der Waals surface area contributed by atoms with E-state index < -0.39 is 5.97 Å². The van der Waals surface area contributed by atoms with Gasteiger partial charge in [-0.1, -0.05) is 19.3 Å². The highest BCUT2D eigenvalue weighted by Gasteiger charge is 2.15. The number of aliphatic hydroxyl groups excluding tert-OH is 1. The minimum absolute atomic E-state index is 0.257. The zero-order valence-corrected chi connectivity index (χ0v) is 13.8. The second-order valence-corrected chi connectivity index (χ2v) is 5.50. The van der Waals surface area contributed by atoms with Crippen LogP contribution in [0.1, 0.15) is 48.0 Å². The van der Waals surface area contributed by atoms with Crippen molar-refractivity contribution in [3.8, 4) is 5.75 Å². The molecule has 0 amide bonds. The molecular weight excluding hydrogens is 296 g/mol. The van der Waals surface area contributed by atoms with Crippen LogP contribution in [0.25, 0.3) is 0 Å². The van der Waals surface area contributed by atoms with E-state index in [4.69, 9.17) is 21.0 Å². The summed E-state index contributed by atoms with van der Waals surface area (Å²) in [7, 11) is 2.72. The summed E-state index contributed by atoms with van der Waals surface area (Å²) < 4.78 is 9.58. The number of aliphatic hydroxyl groups is 1. The molecule has 6 heteroatoms. The summed E-state index contributed by atoms with van der Waals surface area (Å²) in [5.41, 5.74) is 6.73. The van der Waals surface area contributed by atoms with Gasteiger partial charge in [-0.05, 0) is 24.8 Å². The van der Waals surface area contributed by atoms with Crippen LogP contribution in [-0.2, 0) is 4.74 Å². The zero-order chi connectivity index (χ0) is 17.2. The summed E-state index contributed by atoms with van der Waals surface area (Å²) in [5.74, 6) is 0.462. The molecule has 1 aromatic rings. The van der Waals surface area contributed by atoms with Gasteiger partial charge in [0.15, 0.2) is 0 Å². The molecular formula is C17H26N2O4. The third-order valence-corrected chi connectivity index (χ3v) is 3.95. The molecule has 0 bridgehead atoms. The first-order chi connectivity index (χ1) is 11.1. The molecule has 6 nitrogen and oxygen atoms in total. The van der Waals surface area contributed by atoms with Crippen LogP contribution in [0.3, 0.4) is 0 Å². The number of anilines is 1. The smallest absolute Gasteiger partial charge is 0.341 e. The molecule has 0 saturated heterocycles. The maximum absolute atomic E-state index is 11.4. The second kappa shape index (κ2) is 9.84. The first-order valence-corrected chi connectivity index (χ1v) is 7.74. The summed E-state index contributed by atoms with van der Waals surface area (Å²) in [6.07, 6.45) is 7.65. The number of methoxy groups -OCH3 is 2. The number of benzene rings is 1. The fraction of sp³-hybridized carbons (Fsp3) is 0.529. The summed E-state index contributed by atoms with van der Waals surface area (Å²) in [5, 5.41) is 15.8. The Balaban J connectivity index is 0.000000277. The Morgan fingerprint density at radius 2 is 2.00 bits per heavy atom. The van der Waals surface area contributed by atoms with E-state index in [0.717, 1.165) is 6.21 Å². The number of carbonyl (C=O) groups is 1. The standard InChI is InChI=1S/C10H12N2O3.C7H14O/c1-14-9-4-8(12)6(5-11)3-7(9)10(13)15-2;8-6-7-4-2-1-3-5-7/h3-5,11H,12H2,1-2H3;7-8H,1-6H2. The lowest BCUT2D eigenvalue weighted by Crippen LogP contribution is -2.09. The largest absolute Gasteiger partial charge is 0.496 e. The van der Waals surface area contributed by atoms with Crippen LogP contribution in [0.4, 0.5) is 5.69 Å². The van der Waals surface area contributed by atoms with Crippen molar-refractivity contribution in [2.75, 3.05) is 26.6 Å². The van der Waals surface area contributed by atoms with Crippen LogP contribution >= 0.6 is 0 Å². The van der Waals surface area contributed by atoms with Crippen molar-refractivity contribution in [3.63, 3.8) is 0 Å². The average Bonchev–Trinajstić information content (AvgIpc) is 2.61. The molecule has 23 heavy (non-hydrogen) atoms. The molecule has 0 radical (unpaired) electrons. The molecule has 4 N–H and O–H groups in total. The molecule has 0 atom stereocenters. The maximum Gasteiger partial charge on any atom is 0.341 e. The number of ether oxygens (including phenoxy) is 2. The van der Waals surface area contributed by atoms with E-state index in [1.54, 1.807) is 0 Å². The number of esters is 1. The monoisotopic (exact) mass is 322 g/mol. The summed E-state index contributed by atoms with van der Waals surface area (Å²) in [6, 6.07) is 2.96. The Bertz CT molecular complexity index is 526. The van der Waals surface area contributed by atoms with Gasteiger partial charge in [0.2, 0.25) is 0 Å². The lowest BCUT2D eigenvalue weighted by molar-refractivity contribution is 0.0597. The van der Waals surface area contributed by atoms with Crippen LogP contribution in [0.15, 0.2) is 12.1 Å². The van der Waals surface area contributed by atoms with Crippen LogP contribution in [0, 0.1) is 11.3 Å². The zero-order valence-electron chi connectivity index (χ0n) is 13.8. The fourth-order valence-electron chi connectivity index (χ4n) is 2.55. The Morgan fingerprint density at radius 3 is 2.43 bits per heavy atom. The fourth-order valence-corrected chi connectivity index (χ4v) is 2.55. The lowest BCUT2D eigenvalue weighted by Gasteiger charge is -2.18. The lowest BCUT2D eigenvalue weighted by atomic mass is 9.90. The molecule has 1 fully saturated rings. The average molecular weight is 322 g/mol. The van der Waals surface area contributed by atoms with Gasteiger partial charge in [-0.15, -0.1) is 0 Å². The van der Waals surface area contributed by atoms with E-state index in [0.29, 0.717) is 29.5 Å². The molecule has 1 aliphatic rings. The van der Waals surface area contributed by atoms with E-state index in [1.165, 1.54) is 58.5 Å². The quantitative estimate of drug-likeness (QED) is 0.449. The number of rotatable bonds is 4. The first kappa shape index (κ1) is 19.0. The van der Waals surface area contributed by atoms with Gasteiger partial charge in [0, 0.05) is 30.1 Å². The van der Waals surface area contributed by atoms with E-state index in [2.05, 4.69) is 4.74 Å². The first-order valence-electron chi connectivity index (χ1n) is 7.74. The molecule has 128 valence electrons. The van der Waals surface area contributed by atoms with Gasteiger partial charge in [-0.25, -0.2) is 4.79 Å². The maximum atomic E-state index is 11.4. The van der Waals surface area contributed by atoms with Gasteiger partial charge in [0.05, 0.1) is 14.2 Å². The van der Waals surface area contributed by atoms with Crippen molar-refractivity contribution in [2.24, 2.45) is 5.92 Å². The molecule has 0 aliphatic heterocycles. The van der Waals surface area contributed by atoms with Crippen LogP contribution in [0.5, 0.6) is 5.75 Å². The predicted octanol–water partition coefficient (Wildman–Crippen LogP) is 2.62. The van der Waals surface area contributed by atoms with Gasteiger partial charge >= 0.3 is 5.97 Å². The van der Waals surface area contributed by atoms with Crippen molar-refractivity contribution in [3.05, 3.63) is 23.3 Å². The number of nitrogens with two attached hydrogens (primary N) is 1. The number of hydrogen-bond donors (Lipinski definition) is 3. The number of nitrogens with one attached hydrogen (secondary N) is 1. The van der Waals surface area contributed by atoms with Crippen molar-refractivity contribution in [1.82, 2.24) is 0 Å². The molecule has 0 spiro atoms. The number of nitrogen functional groups attached to an aromatic ring is 1. The van der Waals surface area contributed by atoms with E-state index >= 15 is 0 Å². The molecule has 1 aliphatic carbocycles. The van der Waals surface area contributed by atoms with Crippen molar-refractivity contribution in [1.29, 1.82) is 5.41 Å². The van der Waals surface area contributed by atoms with Crippen molar-refractivity contribution < 1.29 is 19.4 Å². The van der Waals surface area contributed by atoms with E-state index in [9.17, 15) is 4.79 Å². The Labute approximate surface area is 137 Å². The minimum atomic E-state index is -0.519. The SMILES string of the molecule is COC(=O)c1cc(C=N)c(N)cc1OC.OCC1CCCCC1. The van der Waals surface area contributed by atoms with E-state index in [1.807, 2.05) is 0 Å². The number of carbonyl (C=O) groups excluding carboxylic acids is 1. The highest BCUT2D eigenvalue weighted by Crippen LogP contribution is 2.25. The van der Waals surface area contributed by atoms with Gasteiger partial charge in [-0.3, -0.25) is 0 Å². The topological polar surface area (TPSA) is 106 Å². The third kappa shape index (κ3) is 5.56. The highest BCUT2D eigenvalue weighted by molar-refractivity contribution is 5.97. The molecule has 0 aromatic heterocycles.